The fraction of sp³-hybridized carbons (Fsp3) is 0.647. The van der Waals surface area contributed by atoms with Crippen LogP contribution in [0.25, 0.3) is 0 Å². The second-order valence-electron chi connectivity index (χ2n) is 6.21. The average molecular weight is 278 g/mol. The third-order valence-corrected chi connectivity index (χ3v) is 5.07. The zero-order valence-corrected chi connectivity index (χ0v) is 12.3. The van der Waals surface area contributed by atoms with Crippen LogP contribution in [0.15, 0.2) is 24.3 Å². The van der Waals surface area contributed by atoms with E-state index in [-0.39, 0.29) is 0 Å². The highest BCUT2D eigenvalue weighted by molar-refractivity contribution is 6.31. The first-order chi connectivity index (χ1) is 9.34. The van der Waals surface area contributed by atoms with Gasteiger partial charge >= 0.3 is 0 Å². The Balaban J connectivity index is 1.75. The molecule has 1 atom stereocenters. The maximum Gasteiger partial charge on any atom is 0.0441 e. The van der Waals surface area contributed by atoms with Crippen molar-refractivity contribution in [3.63, 3.8) is 0 Å². The summed E-state index contributed by atoms with van der Waals surface area (Å²) < 4.78 is 0. The van der Waals surface area contributed by atoms with E-state index in [0.717, 1.165) is 23.5 Å². The molecule has 2 fully saturated rings. The van der Waals surface area contributed by atoms with E-state index in [4.69, 9.17) is 11.6 Å². The van der Waals surface area contributed by atoms with E-state index in [1.54, 1.807) is 0 Å². The van der Waals surface area contributed by atoms with Crippen LogP contribution < -0.4 is 5.32 Å². The van der Waals surface area contributed by atoms with Crippen LogP contribution in [0.1, 0.15) is 56.4 Å². The fourth-order valence-electron chi connectivity index (χ4n) is 3.42. The minimum Gasteiger partial charge on any atom is -0.313 e. The molecule has 0 radical (unpaired) electrons. The van der Waals surface area contributed by atoms with Crippen molar-refractivity contribution in [2.45, 2.75) is 56.9 Å². The van der Waals surface area contributed by atoms with E-state index < -0.39 is 0 Å². The van der Waals surface area contributed by atoms with E-state index in [1.807, 2.05) is 12.1 Å². The molecule has 104 valence electrons. The molecule has 2 saturated carbocycles. The molecule has 0 aliphatic heterocycles. The zero-order valence-electron chi connectivity index (χ0n) is 11.6. The number of hydrogen-bond acceptors (Lipinski definition) is 1. The highest BCUT2D eigenvalue weighted by Gasteiger charge is 2.29. The van der Waals surface area contributed by atoms with Crippen LogP contribution in [0.4, 0.5) is 0 Å². The van der Waals surface area contributed by atoms with E-state index in [2.05, 4.69) is 17.4 Å². The van der Waals surface area contributed by atoms with Gasteiger partial charge in [-0.15, -0.1) is 0 Å². The number of halogens is 1. The summed E-state index contributed by atoms with van der Waals surface area (Å²) in [6.45, 7) is 1.11. The van der Waals surface area contributed by atoms with Crippen molar-refractivity contribution >= 4 is 11.6 Å². The maximum absolute atomic E-state index is 6.44. The summed E-state index contributed by atoms with van der Waals surface area (Å²) in [5, 5.41) is 4.68. The quantitative estimate of drug-likeness (QED) is 0.818. The van der Waals surface area contributed by atoms with Gasteiger partial charge in [-0.3, -0.25) is 0 Å². The molecule has 0 bridgehead atoms. The van der Waals surface area contributed by atoms with Crippen LogP contribution in [0.2, 0.25) is 5.02 Å². The number of benzene rings is 1. The summed E-state index contributed by atoms with van der Waals surface area (Å²) in [5.74, 6) is 1.43. The Labute approximate surface area is 121 Å². The molecule has 2 heteroatoms. The summed E-state index contributed by atoms with van der Waals surface area (Å²) in [6, 6.07) is 9.24. The highest BCUT2D eigenvalue weighted by atomic mass is 35.5. The SMILES string of the molecule is Clc1ccccc1C(CNC1CC1)C1CCCCC1. The van der Waals surface area contributed by atoms with E-state index in [0.29, 0.717) is 5.92 Å². The first-order valence-corrected chi connectivity index (χ1v) is 8.20. The summed E-state index contributed by atoms with van der Waals surface area (Å²) in [6.07, 6.45) is 9.69. The van der Waals surface area contributed by atoms with E-state index in [1.165, 1.54) is 50.5 Å². The van der Waals surface area contributed by atoms with Crippen LogP contribution in [0, 0.1) is 5.92 Å². The minimum absolute atomic E-state index is 0.606. The van der Waals surface area contributed by atoms with Gasteiger partial charge in [0.1, 0.15) is 0 Å². The number of rotatable bonds is 5. The second kappa shape index (κ2) is 6.28. The molecule has 19 heavy (non-hydrogen) atoms. The van der Waals surface area contributed by atoms with Crippen LogP contribution in [-0.4, -0.2) is 12.6 Å². The molecule has 2 aliphatic rings. The van der Waals surface area contributed by atoms with Gasteiger partial charge in [0.05, 0.1) is 0 Å². The maximum atomic E-state index is 6.44. The molecule has 1 aromatic carbocycles. The predicted octanol–water partition coefficient (Wildman–Crippen LogP) is 4.76. The minimum atomic E-state index is 0.606. The second-order valence-corrected chi connectivity index (χ2v) is 6.62. The Hall–Kier alpha value is -0.530. The predicted molar refractivity (Wildman–Crippen MR) is 81.8 cm³/mol. The Bertz CT molecular complexity index is 407. The molecule has 1 N–H and O–H groups in total. The Morgan fingerprint density at radius 2 is 1.79 bits per heavy atom. The molecule has 0 heterocycles. The lowest BCUT2D eigenvalue weighted by Gasteiger charge is -2.31. The summed E-state index contributed by atoms with van der Waals surface area (Å²) >= 11 is 6.44. The Kier molecular flexibility index (Phi) is 4.45. The van der Waals surface area contributed by atoms with Gasteiger partial charge in [-0.05, 0) is 43.2 Å². The lowest BCUT2D eigenvalue weighted by atomic mass is 9.76. The van der Waals surface area contributed by atoms with Gasteiger partial charge in [0.2, 0.25) is 0 Å². The lowest BCUT2D eigenvalue weighted by molar-refractivity contribution is 0.296. The van der Waals surface area contributed by atoms with Crippen molar-refractivity contribution in [2.24, 2.45) is 5.92 Å². The molecule has 1 nitrogen and oxygen atoms in total. The molecule has 0 saturated heterocycles. The summed E-state index contributed by atoms with van der Waals surface area (Å²) in [5.41, 5.74) is 1.37. The Morgan fingerprint density at radius 1 is 1.05 bits per heavy atom. The molecule has 0 amide bonds. The molecular formula is C17H24ClN. The molecule has 3 rings (SSSR count). The zero-order chi connectivity index (χ0) is 13.1. The number of hydrogen-bond donors (Lipinski definition) is 1. The molecule has 0 aromatic heterocycles. The van der Waals surface area contributed by atoms with E-state index in [9.17, 15) is 0 Å². The van der Waals surface area contributed by atoms with Gasteiger partial charge in [-0.25, -0.2) is 0 Å². The third kappa shape index (κ3) is 3.52. The Morgan fingerprint density at radius 3 is 2.47 bits per heavy atom. The van der Waals surface area contributed by atoms with Gasteiger partial charge in [-0.2, -0.15) is 0 Å². The van der Waals surface area contributed by atoms with Crippen molar-refractivity contribution in [1.82, 2.24) is 5.32 Å². The van der Waals surface area contributed by atoms with Crippen LogP contribution in [-0.2, 0) is 0 Å². The topological polar surface area (TPSA) is 12.0 Å². The van der Waals surface area contributed by atoms with Gasteiger partial charge in [0.15, 0.2) is 0 Å². The monoisotopic (exact) mass is 277 g/mol. The molecule has 1 unspecified atom stereocenters. The van der Waals surface area contributed by atoms with Crippen LogP contribution >= 0.6 is 11.6 Å². The lowest BCUT2D eigenvalue weighted by Crippen LogP contribution is -2.29. The summed E-state index contributed by atoms with van der Waals surface area (Å²) in [4.78, 5) is 0. The van der Waals surface area contributed by atoms with Crippen molar-refractivity contribution < 1.29 is 0 Å². The molecular weight excluding hydrogens is 254 g/mol. The average Bonchev–Trinajstić information content (AvgIpc) is 3.26. The van der Waals surface area contributed by atoms with Crippen molar-refractivity contribution in [3.8, 4) is 0 Å². The first-order valence-electron chi connectivity index (χ1n) is 7.82. The standard InChI is InChI=1S/C17H24ClN/c18-17-9-5-4-8-15(17)16(12-19-14-10-11-14)13-6-2-1-3-7-13/h4-5,8-9,13-14,16,19H,1-3,6-7,10-12H2. The first kappa shape index (κ1) is 13.5. The van der Waals surface area contributed by atoms with Crippen LogP contribution in [0.5, 0.6) is 0 Å². The third-order valence-electron chi connectivity index (χ3n) is 4.73. The largest absolute Gasteiger partial charge is 0.313 e. The fourth-order valence-corrected chi connectivity index (χ4v) is 3.70. The van der Waals surface area contributed by atoms with Crippen LogP contribution in [0.3, 0.4) is 0 Å². The molecule has 2 aliphatic carbocycles. The van der Waals surface area contributed by atoms with Gasteiger partial charge < -0.3 is 5.32 Å². The van der Waals surface area contributed by atoms with E-state index >= 15 is 0 Å². The molecule has 0 spiro atoms. The van der Waals surface area contributed by atoms with Gasteiger partial charge in [0, 0.05) is 23.5 Å². The number of nitrogens with one attached hydrogen (secondary N) is 1. The summed E-state index contributed by atoms with van der Waals surface area (Å²) in [7, 11) is 0. The molecule has 1 aromatic rings. The van der Waals surface area contributed by atoms with Gasteiger partial charge in [-0.1, -0.05) is 49.1 Å². The smallest absolute Gasteiger partial charge is 0.0441 e. The van der Waals surface area contributed by atoms with Crippen molar-refractivity contribution in [1.29, 1.82) is 0 Å². The van der Waals surface area contributed by atoms with Crippen molar-refractivity contribution in [2.75, 3.05) is 6.54 Å². The van der Waals surface area contributed by atoms with Crippen molar-refractivity contribution in [3.05, 3.63) is 34.9 Å². The normalized spacial score (nSPS) is 22.4. The highest BCUT2D eigenvalue weighted by Crippen LogP contribution is 2.38. The van der Waals surface area contributed by atoms with Gasteiger partial charge in [0.25, 0.3) is 0 Å².